The molecule has 3 aromatic rings. The highest BCUT2D eigenvalue weighted by Crippen LogP contribution is 2.29. The summed E-state index contributed by atoms with van der Waals surface area (Å²) in [6.45, 7) is 0.191. The fraction of sp³-hybridized carbons (Fsp3) is 0.158. The van der Waals surface area contributed by atoms with Crippen molar-refractivity contribution in [3.8, 4) is 5.75 Å². The van der Waals surface area contributed by atoms with E-state index >= 15 is 0 Å². The number of nitrogens with zero attached hydrogens (tertiary/aromatic N) is 1. The summed E-state index contributed by atoms with van der Waals surface area (Å²) in [6, 6.07) is 11.8. The Morgan fingerprint density at radius 2 is 1.93 bits per heavy atom. The van der Waals surface area contributed by atoms with E-state index in [-0.39, 0.29) is 12.3 Å². The Labute approximate surface area is 163 Å². The number of nitrogens with one attached hydrogen (secondary N) is 3. The van der Waals surface area contributed by atoms with Gasteiger partial charge in [-0.1, -0.05) is 29.8 Å². The SMILES string of the molecule is O=C(NNC(=O)C1COc2ccc(Cl)cc2C1)c1n[nH]c(=O)c2ccccc12. The van der Waals surface area contributed by atoms with E-state index in [0.29, 0.717) is 28.0 Å². The Balaban J connectivity index is 1.45. The number of carbonyl (C=O) groups is 2. The second kappa shape index (κ2) is 7.32. The lowest BCUT2D eigenvalue weighted by Gasteiger charge is -2.24. The second-order valence-electron chi connectivity index (χ2n) is 6.35. The van der Waals surface area contributed by atoms with Crippen molar-refractivity contribution < 1.29 is 14.3 Å². The monoisotopic (exact) mass is 398 g/mol. The van der Waals surface area contributed by atoms with Gasteiger partial charge in [-0.2, -0.15) is 5.10 Å². The number of halogens is 1. The van der Waals surface area contributed by atoms with Gasteiger partial charge in [-0.25, -0.2) is 5.10 Å². The van der Waals surface area contributed by atoms with Crippen molar-refractivity contribution in [3.63, 3.8) is 0 Å². The minimum Gasteiger partial charge on any atom is -0.492 e. The van der Waals surface area contributed by atoms with Crippen molar-refractivity contribution in [1.82, 2.24) is 21.0 Å². The van der Waals surface area contributed by atoms with Gasteiger partial charge >= 0.3 is 0 Å². The lowest BCUT2D eigenvalue weighted by atomic mass is 9.96. The van der Waals surface area contributed by atoms with E-state index in [1.165, 1.54) is 0 Å². The molecule has 1 aromatic heterocycles. The van der Waals surface area contributed by atoms with Crippen LogP contribution in [0.15, 0.2) is 47.3 Å². The molecule has 2 aromatic carbocycles. The van der Waals surface area contributed by atoms with Crippen molar-refractivity contribution >= 4 is 34.2 Å². The van der Waals surface area contributed by atoms with Crippen LogP contribution in [0.25, 0.3) is 10.8 Å². The molecule has 1 aliphatic rings. The molecule has 8 nitrogen and oxygen atoms in total. The quantitative estimate of drug-likeness (QED) is 0.567. The number of rotatable bonds is 2. The number of hydrazine groups is 1. The number of hydrogen-bond donors (Lipinski definition) is 3. The largest absolute Gasteiger partial charge is 0.492 e. The second-order valence-corrected chi connectivity index (χ2v) is 6.79. The summed E-state index contributed by atoms with van der Waals surface area (Å²) in [5.41, 5.74) is 5.17. The van der Waals surface area contributed by atoms with Gasteiger partial charge in [0, 0.05) is 10.4 Å². The van der Waals surface area contributed by atoms with Crippen LogP contribution in [0, 0.1) is 5.92 Å². The fourth-order valence-electron chi connectivity index (χ4n) is 3.10. The summed E-state index contributed by atoms with van der Waals surface area (Å²) in [6.07, 6.45) is 0.442. The maximum absolute atomic E-state index is 12.4. The van der Waals surface area contributed by atoms with Gasteiger partial charge in [0.15, 0.2) is 5.69 Å². The van der Waals surface area contributed by atoms with E-state index in [2.05, 4.69) is 21.0 Å². The normalized spacial score (nSPS) is 15.4. The molecule has 0 radical (unpaired) electrons. The highest BCUT2D eigenvalue weighted by atomic mass is 35.5. The fourth-order valence-corrected chi connectivity index (χ4v) is 3.29. The topological polar surface area (TPSA) is 113 Å². The highest BCUT2D eigenvalue weighted by Gasteiger charge is 2.27. The van der Waals surface area contributed by atoms with Crippen LogP contribution >= 0.6 is 11.6 Å². The molecule has 2 amide bonds. The third kappa shape index (κ3) is 3.41. The zero-order chi connectivity index (χ0) is 19.7. The molecule has 0 bridgehead atoms. The van der Waals surface area contributed by atoms with Crippen molar-refractivity contribution in [2.75, 3.05) is 6.61 Å². The first-order valence-corrected chi connectivity index (χ1v) is 8.89. The average molecular weight is 399 g/mol. The average Bonchev–Trinajstić information content (AvgIpc) is 2.71. The summed E-state index contributed by atoms with van der Waals surface area (Å²) in [5, 5.41) is 7.37. The van der Waals surface area contributed by atoms with Crippen LogP contribution < -0.4 is 21.1 Å². The molecule has 142 valence electrons. The highest BCUT2D eigenvalue weighted by molar-refractivity contribution is 6.30. The van der Waals surface area contributed by atoms with Crippen LogP contribution in [-0.4, -0.2) is 28.6 Å². The van der Waals surface area contributed by atoms with Gasteiger partial charge < -0.3 is 4.74 Å². The number of aromatic nitrogens is 2. The summed E-state index contributed by atoms with van der Waals surface area (Å²) >= 11 is 5.99. The smallest absolute Gasteiger partial charge is 0.290 e. The number of fused-ring (bicyclic) bond motifs is 2. The lowest BCUT2D eigenvalue weighted by Crippen LogP contribution is -2.47. The van der Waals surface area contributed by atoms with Gasteiger partial charge in [0.05, 0.1) is 11.3 Å². The number of benzene rings is 2. The van der Waals surface area contributed by atoms with E-state index < -0.39 is 23.3 Å². The third-order valence-electron chi connectivity index (χ3n) is 4.51. The first kappa shape index (κ1) is 18.0. The van der Waals surface area contributed by atoms with E-state index in [1.807, 2.05) is 0 Å². The predicted octanol–water partition coefficient (Wildman–Crippen LogP) is 1.59. The molecule has 2 heterocycles. The molecule has 1 atom stereocenters. The Morgan fingerprint density at radius 3 is 2.75 bits per heavy atom. The maximum Gasteiger partial charge on any atom is 0.290 e. The molecule has 0 saturated carbocycles. The first-order chi connectivity index (χ1) is 13.5. The first-order valence-electron chi connectivity index (χ1n) is 8.52. The summed E-state index contributed by atoms with van der Waals surface area (Å²) < 4.78 is 5.59. The molecule has 28 heavy (non-hydrogen) atoms. The number of carbonyl (C=O) groups excluding carboxylic acids is 2. The molecule has 0 saturated heterocycles. The van der Waals surface area contributed by atoms with Crippen molar-refractivity contribution in [2.45, 2.75) is 6.42 Å². The van der Waals surface area contributed by atoms with Crippen LogP contribution in [0.2, 0.25) is 5.02 Å². The van der Waals surface area contributed by atoms with Gasteiger partial charge in [0.1, 0.15) is 12.4 Å². The van der Waals surface area contributed by atoms with Gasteiger partial charge in [-0.3, -0.25) is 25.2 Å². The molecule has 1 aliphatic heterocycles. The minimum atomic E-state index is -0.638. The molecular formula is C19H15ClN4O4. The Bertz CT molecular complexity index is 1140. The molecule has 0 fully saturated rings. The van der Waals surface area contributed by atoms with E-state index in [4.69, 9.17) is 16.3 Å². The minimum absolute atomic E-state index is 0.00696. The molecule has 3 N–H and O–H groups in total. The van der Waals surface area contributed by atoms with Crippen LogP contribution in [0.3, 0.4) is 0 Å². The summed E-state index contributed by atoms with van der Waals surface area (Å²) in [4.78, 5) is 36.7. The maximum atomic E-state index is 12.4. The number of H-pyrrole nitrogens is 1. The number of aromatic amines is 1. The number of hydrogen-bond acceptors (Lipinski definition) is 5. The molecular weight excluding hydrogens is 384 g/mol. The van der Waals surface area contributed by atoms with Crippen molar-refractivity contribution in [1.29, 1.82) is 0 Å². The van der Waals surface area contributed by atoms with E-state index in [0.717, 1.165) is 5.56 Å². The Kier molecular flexibility index (Phi) is 4.70. The molecule has 9 heteroatoms. The van der Waals surface area contributed by atoms with Crippen LogP contribution in [0.5, 0.6) is 5.75 Å². The van der Waals surface area contributed by atoms with E-state index in [9.17, 15) is 14.4 Å². The standard InChI is InChI=1S/C19H15ClN4O4/c20-12-5-6-15-10(8-12)7-11(9-28-15)17(25)22-24-19(27)16-13-3-1-2-4-14(13)18(26)23-21-16/h1-6,8,11H,7,9H2,(H,22,25)(H,23,26)(H,24,27). The van der Waals surface area contributed by atoms with E-state index in [1.54, 1.807) is 42.5 Å². The zero-order valence-corrected chi connectivity index (χ0v) is 15.2. The van der Waals surface area contributed by atoms with Crippen LogP contribution in [-0.2, 0) is 11.2 Å². The molecule has 4 rings (SSSR count). The Hall–Kier alpha value is -3.39. The zero-order valence-electron chi connectivity index (χ0n) is 14.5. The predicted molar refractivity (Wildman–Crippen MR) is 102 cm³/mol. The number of amides is 2. The third-order valence-corrected chi connectivity index (χ3v) is 4.75. The molecule has 1 unspecified atom stereocenters. The van der Waals surface area contributed by atoms with Crippen molar-refractivity contribution in [2.24, 2.45) is 5.92 Å². The molecule has 0 aliphatic carbocycles. The number of ether oxygens (including phenoxy) is 1. The van der Waals surface area contributed by atoms with Crippen LogP contribution in [0.1, 0.15) is 16.1 Å². The van der Waals surface area contributed by atoms with Gasteiger partial charge in [-0.15, -0.1) is 0 Å². The van der Waals surface area contributed by atoms with Gasteiger partial charge in [-0.05, 0) is 36.2 Å². The van der Waals surface area contributed by atoms with Crippen LogP contribution in [0.4, 0.5) is 0 Å². The summed E-state index contributed by atoms with van der Waals surface area (Å²) in [5.74, 6) is -0.818. The van der Waals surface area contributed by atoms with Gasteiger partial charge in [0.2, 0.25) is 5.91 Å². The summed E-state index contributed by atoms with van der Waals surface area (Å²) in [7, 11) is 0. The van der Waals surface area contributed by atoms with Gasteiger partial charge in [0.25, 0.3) is 11.5 Å². The Morgan fingerprint density at radius 1 is 1.14 bits per heavy atom. The van der Waals surface area contributed by atoms with Crippen molar-refractivity contribution in [3.05, 3.63) is 69.1 Å². The lowest BCUT2D eigenvalue weighted by molar-refractivity contribution is -0.127. The molecule has 0 spiro atoms.